The number of hydrogen-bond acceptors (Lipinski definition) is 3. The number of fused-ring (bicyclic) bond motifs is 2. The van der Waals surface area contributed by atoms with Crippen LogP contribution in [-0.4, -0.2) is 28.8 Å². The molecule has 0 bridgehead atoms. The molecule has 0 unspecified atom stereocenters. The van der Waals surface area contributed by atoms with Crippen molar-refractivity contribution in [2.75, 3.05) is 14.2 Å². The first-order valence-electron chi connectivity index (χ1n) is 7.46. The van der Waals surface area contributed by atoms with Gasteiger partial charge in [0.25, 0.3) is 0 Å². The molecular weight excluding hydrogens is 326 g/mol. The summed E-state index contributed by atoms with van der Waals surface area (Å²) in [7, 11) is 5.29. The van der Waals surface area contributed by atoms with Crippen LogP contribution in [0.2, 0.25) is 5.02 Å². The van der Waals surface area contributed by atoms with Crippen molar-refractivity contribution in [3.8, 4) is 22.8 Å². The average Bonchev–Trinajstić information content (AvgIpc) is 3.14. The number of aryl methyl sites for hydroxylation is 1. The number of aromatic nitrogens is 3. The zero-order valence-electron chi connectivity index (χ0n) is 13.6. The van der Waals surface area contributed by atoms with Crippen LogP contribution in [0.3, 0.4) is 0 Å². The lowest BCUT2D eigenvalue weighted by molar-refractivity contribution is 0.355. The molecule has 6 heteroatoms. The molecule has 3 aromatic heterocycles. The van der Waals surface area contributed by atoms with E-state index in [0.717, 1.165) is 33.2 Å². The fraction of sp³-hybridized carbons (Fsp3) is 0.167. The summed E-state index contributed by atoms with van der Waals surface area (Å²) >= 11 is 6.04. The van der Waals surface area contributed by atoms with Crippen LogP contribution in [0.4, 0.5) is 0 Å². The highest BCUT2D eigenvalue weighted by atomic mass is 35.5. The molecule has 3 heterocycles. The first-order chi connectivity index (χ1) is 11.6. The number of aromatic amines is 1. The van der Waals surface area contributed by atoms with Crippen LogP contribution in [0, 0.1) is 0 Å². The third-order valence-corrected chi connectivity index (χ3v) is 4.43. The number of rotatable bonds is 3. The molecule has 4 aromatic rings. The van der Waals surface area contributed by atoms with E-state index in [-0.39, 0.29) is 0 Å². The summed E-state index contributed by atoms with van der Waals surface area (Å²) in [4.78, 5) is 7.69. The van der Waals surface area contributed by atoms with E-state index in [2.05, 4.69) is 26.8 Å². The topological polar surface area (TPSA) is 52.1 Å². The van der Waals surface area contributed by atoms with Gasteiger partial charge in [0.15, 0.2) is 11.5 Å². The number of methoxy groups -OCH3 is 2. The van der Waals surface area contributed by atoms with Crippen LogP contribution in [0.5, 0.6) is 11.5 Å². The molecule has 0 saturated heterocycles. The van der Waals surface area contributed by atoms with Crippen LogP contribution >= 0.6 is 11.6 Å². The van der Waals surface area contributed by atoms with Crippen molar-refractivity contribution in [2.45, 2.75) is 0 Å². The van der Waals surface area contributed by atoms with Gasteiger partial charge in [-0.05, 0) is 18.2 Å². The minimum atomic E-state index is 0.623. The van der Waals surface area contributed by atoms with Gasteiger partial charge in [-0.15, -0.1) is 0 Å². The van der Waals surface area contributed by atoms with Gasteiger partial charge in [-0.3, -0.25) is 0 Å². The zero-order valence-corrected chi connectivity index (χ0v) is 14.3. The number of H-pyrrole nitrogens is 1. The summed E-state index contributed by atoms with van der Waals surface area (Å²) in [6, 6.07) is 7.93. The Labute approximate surface area is 143 Å². The SMILES string of the molecule is COc1cc2c(-c3cc4cc(Cl)cnc4[nH]3)cn(C)c2cc1OC. The van der Waals surface area contributed by atoms with Crippen molar-refractivity contribution in [1.29, 1.82) is 0 Å². The summed E-state index contributed by atoms with van der Waals surface area (Å²) < 4.78 is 12.9. The summed E-state index contributed by atoms with van der Waals surface area (Å²) in [5.41, 5.74) is 3.93. The number of hydrogen-bond donors (Lipinski definition) is 1. The van der Waals surface area contributed by atoms with E-state index in [4.69, 9.17) is 21.1 Å². The Morgan fingerprint density at radius 3 is 2.58 bits per heavy atom. The molecule has 5 nitrogen and oxygen atoms in total. The fourth-order valence-corrected chi connectivity index (χ4v) is 3.22. The minimum absolute atomic E-state index is 0.623. The fourth-order valence-electron chi connectivity index (χ4n) is 3.06. The standard InChI is InChI=1S/C18H16ClN3O2/c1-22-9-13(12-6-16(23-2)17(24-3)7-15(12)22)14-5-10-4-11(19)8-20-18(10)21-14/h4-9H,1-3H3,(H,20,21). The van der Waals surface area contributed by atoms with E-state index in [1.807, 2.05) is 25.2 Å². The van der Waals surface area contributed by atoms with Gasteiger partial charge in [-0.25, -0.2) is 4.98 Å². The third-order valence-electron chi connectivity index (χ3n) is 4.22. The highest BCUT2D eigenvalue weighted by Crippen LogP contribution is 2.38. The molecule has 0 aliphatic carbocycles. The molecule has 0 amide bonds. The van der Waals surface area contributed by atoms with Crippen LogP contribution in [-0.2, 0) is 7.05 Å². The highest BCUT2D eigenvalue weighted by Gasteiger charge is 2.15. The van der Waals surface area contributed by atoms with E-state index in [1.54, 1.807) is 20.4 Å². The maximum absolute atomic E-state index is 6.04. The third kappa shape index (κ3) is 2.20. The number of pyridine rings is 1. The molecule has 0 spiro atoms. The Balaban J connectivity index is 1.98. The summed E-state index contributed by atoms with van der Waals surface area (Å²) in [5.74, 6) is 1.41. The minimum Gasteiger partial charge on any atom is -0.493 e. The second-order valence-corrected chi connectivity index (χ2v) is 6.09. The Kier molecular flexibility index (Phi) is 3.39. The molecule has 0 aliphatic heterocycles. The average molecular weight is 342 g/mol. The molecule has 24 heavy (non-hydrogen) atoms. The van der Waals surface area contributed by atoms with Crippen molar-refractivity contribution in [2.24, 2.45) is 7.05 Å². The van der Waals surface area contributed by atoms with Gasteiger partial charge >= 0.3 is 0 Å². The monoisotopic (exact) mass is 341 g/mol. The highest BCUT2D eigenvalue weighted by molar-refractivity contribution is 6.31. The molecule has 1 aromatic carbocycles. The van der Waals surface area contributed by atoms with E-state index in [0.29, 0.717) is 16.5 Å². The number of benzene rings is 1. The number of nitrogens with one attached hydrogen (secondary N) is 1. The molecule has 1 N–H and O–H groups in total. The second-order valence-electron chi connectivity index (χ2n) is 5.65. The lowest BCUT2D eigenvalue weighted by atomic mass is 10.1. The van der Waals surface area contributed by atoms with Crippen molar-refractivity contribution in [1.82, 2.24) is 14.5 Å². The zero-order chi connectivity index (χ0) is 16.8. The Bertz CT molecular complexity index is 1070. The first kappa shape index (κ1) is 14.9. The number of nitrogens with zero attached hydrogens (tertiary/aromatic N) is 2. The van der Waals surface area contributed by atoms with Crippen LogP contribution in [0.1, 0.15) is 0 Å². The van der Waals surface area contributed by atoms with E-state index < -0.39 is 0 Å². The van der Waals surface area contributed by atoms with E-state index in [1.165, 1.54) is 0 Å². The van der Waals surface area contributed by atoms with Gasteiger partial charge in [0.05, 0.1) is 24.8 Å². The molecule has 0 saturated carbocycles. The molecule has 0 atom stereocenters. The van der Waals surface area contributed by atoms with Crippen molar-refractivity contribution in [3.05, 3.63) is 41.7 Å². The van der Waals surface area contributed by atoms with Gasteiger partial charge in [0.1, 0.15) is 5.65 Å². The van der Waals surface area contributed by atoms with Crippen molar-refractivity contribution >= 4 is 33.5 Å². The van der Waals surface area contributed by atoms with Gasteiger partial charge in [-0.2, -0.15) is 0 Å². The van der Waals surface area contributed by atoms with Crippen LogP contribution in [0.25, 0.3) is 33.2 Å². The Morgan fingerprint density at radius 2 is 1.83 bits per heavy atom. The summed E-state index contributed by atoms with van der Waals surface area (Å²) in [5, 5.41) is 2.68. The van der Waals surface area contributed by atoms with E-state index >= 15 is 0 Å². The molecule has 0 aliphatic rings. The molecule has 4 rings (SSSR count). The van der Waals surface area contributed by atoms with Gasteiger partial charge in [0, 0.05) is 47.5 Å². The van der Waals surface area contributed by atoms with E-state index in [9.17, 15) is 0 Å². The van der Waals surface area contributed by atoms with Crippen LogP contribution in [0.15, 0.2) is 36.7 Å². The molecule has 0 fully saturated rings. The normalized spacial score (nSPS) is 11.3. The van der Waals surface area contributed by atoms with Gasteiger partial charge in [0.2, 0.25) is 0 Å². The summed E-state index contributed by atoms with van der Waals surface area (Å²) in [6.45, 7) is 0. The second kappa shape index (κ2) is 5.46. The summed E-state index contributed by atoms with van der Waals surface area (Å²) in [6.07, 6.45) is 3.72. The van der Waals surface area contributed by atoms with Crippen LogP contribution < -0.4 is 9.47 Å². The maximum Gasteiger partial charge on any atom is 0.162 e. The first-order valence-corrected chi connectivity index (χ1v) is 7.84. The number of halogens is 1. The smallest absolute Gasteiger partial charge is 0.162 e. The van der Waals surface area contributed by atoms with Gasteiger partial charge < -0.3 is 19.0 Å². The molecular formula is C18H16ClN3O2. The lowest BCUT2D eigenvalue weighted by Crippen LogP contribution is -1.91. The van der Waals surface area contributed by atoms with Crippen molar-refractivity contribution in [3.63, 3.8) is 0 Å². The Morgan fingerprint density at radius 1 is 1.08 bits per heavy atom. The largest absolute Gasteiger partial charge is 0.493 e. The number of ether oxygens (including phenoxy) is 2. The Hall–Kier alpha value is -2.66. The predicted molar refractivity (Wildman–Crippen MR) is 96.1 cm³/mol. The predicted octanol–water partition coefficient (Wildman–Crippen LogP) is 4.39. The molecule has 0 radical (unpaired) electrons. The molecule has 122 valence electrons. The van der Waals surface area contributed by atoms with Gasteiger partial charge in [-0.1, -0.05) is 11.6 Å². The lowest BCUT2D eigenvalue weighted by Gasteiger charge is -2.08. The maximum atomic E-state index is 6.04. The quantitative estimate of drug-likeness (QED) is 0.601. The van der Waals surface area contributed by atoms with Crippen molar-refractivity contribution < 1.29 is 9.47 Å².